The molecule has 0 amide bonds. The molecule has 1 aromatic carbocycles. The van der Waals surface area contributed by atoms with E-state index in [1.807, 2.05) is 18.2 Å². The quantitative estimate of drug-likeness (QED) is 0.907. The number of benzene rings is 1. The van der Waals surface area contributed by atoms with Crippen molar-refractivity contribution in [2.75, 3.05) is 12.8 Å². The van der Waals surface area contributed by atoms with Crippen LogP contribution in [0.3, 0.4) is 0 Å². The second-order valence-electron chi connectivity index (χ2n) is 3.58. The lowest BCUT2D eigenvalue weighted by atomic mass is 10.1. The Balaban J connectivity index is 2.19. The molecule has 0 saturated carbocycles. The van der Waals surface area contributed by atoms with Crippen LogP contribution in [-0.2, 0) is 6.42 Å². The Kier molecular flexibility index (Phi) is 3.44. The fraction of sp³-hybridized carbons (Fsp3) is 0.167. The van der Waals surface area contributed by atoms with Gasteiger partial charge in [-0.1, -0.05) is 17.7 Å². The van der Waals surface area contributed by atoms with E-state index in [1.165, 1.54) is 0 Å². The number of rotatable bonds is 3. The molecule has 1 heterocycles. The van der Waals surface area contributed by atoms with Crippen molar-refractivity contribution in [1.29, 1.82) is 0 Å². The van der Waals surface area contributed by atoms with E-state index in [0.29, 0.717) is 28.7 Å². The lowest BCUT2D eigenvalue weighted by Crippen LogP contribution is -1.98. The average molecular weight is 250 g/mol. The van der Waals surface area contributed by atoms with Crippen molar-refractivity contribution in [1.82, 2.24) is 9.97 Å². The first-order valence-corrected chi connectivity index (χ1v) is 5.45. The lowest BCUT2D eigenvalue weighted by molar-refractivity contribution is 0.415. The first kappa shape index (κ1) is 11.7. The molecule has 0 unspecified atom stereocenters. The van der Waals surface area contributed by atoms with Crippen LogP contribution in [0.1, 0.15) is 11.4 Å². The summed E-state index contributed by atoms with van der Waals surface area (Å²) in [5.74, 6) is 1.37. The first-order chi connectivity index (χ1) is 8.19. The molecule has 0 aliphatic carbocycles. The van der Waals surface area contributed by atoms with E-state index in [4.69, 9.17) is 22.1 Å². The number of anilines is 1. The maximum Gasteiger partial charge on any atom is 0.137 e. The molecule has 2 aromatic rings. The standard InChI is InChI=1S/C12H12ClN3O/c1-17-11-3-2-8(4-10(11)13)5-12-15-6-9(14)7-16-12/h2-4,6-7H,5,14H2,1H3. The van der Waals surface area contributed by atoms with Crippen LogP contribution in [0.5, 0.6) is 5.75 Å². The summed E-state index contributed by atoms with van der Waals surface area (Å²) in [5, 5.41) is 0.584. The molecule has 2 rings (SSSR count). The number of hydrogen-bond acceptors (Lipinski definition) is 4. The van der Waals surface area contributed by atoms with Gasteiger partial charge in [-0.25, -0.2) is 9.97 Å². The van der Waals surface area contributed by atoms with Crippen molar-refractivity contribution < 1.29 is 4.74 Å². The van der Waals surface area contributed by atoms with E-state index in [2.05, 4.69) is 9.97 Å². The maximum absolute atomic E-state index is 6.04. The predicted molar refractivity (Wildman–Crippen MR) is 67.3 cm³/mol. The third-order valence-corrected chi connectivity index (χ3v) is 2.60. The number of ether oxygens (including phenoxy) is 1. The Hall–Kier alpha value is -1.81. The van der Waals surface area contributed by atoms with E-state index < -0.39 is 0 Å². The molecule has 5 heteroatoms. The van der Waals surface area contributed by atoms with Crippen molar-refractivity contribution in [2.24, 2.45) is 0 Å². The third kappa shape index (κ3) is 2.85. The van der Waals surface area contributed by atoms with Gasteiger partial charge >= 0.3 is 0 Å². The summed E-state index contributed by atoms with van der Waals surface area (Å²) in [4.78, 5) is 8.27. The summed E-state index contributed by atoms with van der Waals surface area (Å²) in [6.45, 7) is 0. The molecule has 0 bridgehead atoms. The molecule has 0 radical (unpaired) electrons. The zero-order valence-corrected chi connectivity index (χ0v) is 10.1. The van der Waals surface area contributed by atoms with E-state index in [-0.39, 0.29) is 0 Å². The average Bonchev–Trinajstić information content (AvgIpc) is 2.32. The van der Waals surface area contributed by atoms with Gasteiger partial charge in [0.1, 0.15) is 11.6 Å². The van der Waals surface area contributed by atoms with Crippen LogP contribution in [0.25, 0.3) is 0 Å². The summed E-state index contributed by atoms with van der Waals surface area (Å²) in [7, 11) is 1.59. The molecule has 2 N–H and O–H groups in total. The molecular weight excluding hydrogens is 238 g/mol. The Labute approximate surface area is 104 Å². The number of halogens is 1. The minimum atomic E-state index is 0.557. The number of nitrogens with two attached hydrogens (primary N) is 1. The Morgan fingerprint density at radius 3 is 2.59 bits per heavy atom. The van der Waals surface area contributed by atoms with Gasteiger partial charge in [0, 0.05) is 6.42 Å². The fourth-order valence-electron chi connectivity index (χ4n) is 1.46. The summed E-state index contributed by atoms with van der Waals surface area (Å²) >= 11 is 6.04. The van der Waals surface area contributed by atoms with Crippen molar-refractivity contribution in [3.63, 3.8) is 0 Å². The van der Waals surface area contributed by atoms with Gasteiger partial charge in [-0.2, -0.15) is 0 Å². The van der Waals surface area contributed by atoms with Crippen molar-refractivity contribution >= 4 is 17.3 Å². The van der Waals surface area contributed by atoms with Crippen molar-refractivity contribution in [2.45, 2.75) is 6.42 Å². The van der Waals surface area contributed by atoms with Crippen molar-refractivity contribution in [3.8, 4) is 5.75 Å². The zero-order valence-electron chi connectivity index (χ0n) is 9.35. The van der Waals surface area contributed by atoms with E-state index in [1.54, 1.807) is 19.5 Å². The smallest absolute Gasteiger partial charge is 0.137 e. The largest absolute Gasteiger partial charge is 0.495 e. The molecule has 0 atom stereocenters. The van der Waals surface area contributed by atoms with E-state index >= 15 is 0 Å². The van der Waals surface area contributed by atoms with E-state index in [0.717, 1.165) is 5.56 Å². The Bertz CT molecular complexity index is 514. The van der Waals surface area contributed by atoms with Gasteiger partial charge < -0.3 is 10.5 Å². The van der Waals surface area contributed by atoms with Crippen molar-refractivity contribution in [3.05, 3.63) is 47.0 Å². The van der Waals surface area contributed by atoms with Crippen LogP contribution in [0.2, 0.25) is 5.02 Å². The second kappa shape index (κ2) is 5.01. The fourth-order valence-corrected chi connectivity index (χ4v) is 1.74. The minimum absolute atomic E-state index is 0.557. The first-order valence-electron chi connectivity index (χ1n) is 5.08. The molecule has 4 nitrogen and oxygen atoms in total. The van der Waals surface area contributed by atoms with Gasteiger partial charge in [0.15, 0.2) is 0 Å². The summed E-state index contributed by atoms with van der Waals surface area (Å²) in [6, 6.07) is 5.61. The van der Waals surface area contributed by atoms with Crippen LogP contribution >= 0.6 is 11.6 Å². The van der Waals surface area contributed by atoms with Crippen LogP contribution in [0, 0.1) is 0 Å². The number of nitrogen functional groups attached to an aromatic ring is 1. The lowest BCUT2D eigenvalue weighted by Gasteiger charge is -2.05. The SMILES string of the molecule is COc1ccc(Cc2ncc(N)cn2)cc1Cl. The number of methoxy groups -OCH3 is 1. The predicted octanol–water partition coefficient (Wildman–Crippen LogP) is 2.31. The van der Waals surface area contributed by atoms with E-state index in [9.17, 15) is 0 Å². The molecule has 0 spiro atoms. The molecule has 0 aliphatic rings. The van der Waals surface area contributed by atoms with Gasteiger partial charge in [-0.05, 0) is 17.7 Å². The van der Waals surface area contributed by atoms with Gasteiger partial charge in [0.25, 0.3) is 0 Å². The minimum Gasteiger partial charge on any atom is -0.495 e. The molecular formula is C12H12ClN3O. The molecule has 0 aliphatic heterocycles. The summed E-state index contributed by atoms with van der Waals surface area (Å²) in [6.07, 6.45) is 3.80. The van der Waals surface area contributed by atoms with Gasteiger partial charge in [-0.3, -0.25) is 0 Å². The van der Waals surface area contributed by atoms with Gasteiger partial charge in [0.2, 0.25) is 0 Å². The summed E-state index contributed by atoms with van der Waals surface area (Å²) < 4.78 is 5.09. The topological polar surface area (TPSA) is 61.0 Å². The highest BCUT2D eigenvalue weighted by molar-refractivity contribution is 6.32. The normalized spacial score (nSPS) is 10.2. The molecule has 88 valence electrons. The number of hydrogen-bond donors (Lipinski definition) is 1. The zero-order chi connectivity index (χ0) is 12.3. The maximum atomic E-state index is 6.04. The Morgan fingerprint density at radius 1 is 1.29 bits per heavy atom. The summed E-state index contributed by atoms with van der Waals surface area (Å²) in [5.41, 5.74) is 7.10. The molecule has 0 saturated heterocycles. The second-order valence-corrected chi connectivity index (χ2v) is 3.99. The van der Waals surface area contributed by atoms with Crippen LogP contribution in [-0.4, -0.2) is 17.1 Å². The van der Waals surface area contributed by atoms with Crippen LogP contribution in [0.4, 0.5) is 5.69 Å². The van der Waals surface area contributed by atoms with Gasteiger partial charge in [-0.15, -0.1) is 0 Å². The molecule has 0 fully saturated rings. The number of aromatic nitrogens is 2. The molecule has 1 aromatic heterocycles. The highest BCUT2D eigenvalue weighted by atomic mass is 35.5. The Morgan fingerprint density at radius 2 is 2.00 bits per heavy atom. The highest BCUT2D eigenvalue weighted by Gasteiger charge is 2.04. The van der Waals surface area contributed by atoms with Gasteiger partial charge in [0.05, 0.1) is 30.2 Å². The number of nitrogens with zero attached hydrogens (tertiary/aromatic N) is 2. The van der Waals surface area contributed by atoms with Crippen LogP contribution in [0.15, 0.2) is 30.6 Å². The van der Waals surface area contributed by atoms with Crippen LogP contribution < -0.4 is 10.5 Å². The molecule has 17 heavy (non-hydrogen) atoms. The monoisotopic (exact) mass is 249 g/mol. The third-order valence-electron chi connectivity index (χ3n) is 2.30. The highest BCUT2D eigenvalue weighted by Crippen LogP contribution is 2.25.